The molecule has 0 spiro atoms. The van der Waals surface area contributed by atoms with Crippen LogP contribution in [0.1, 0.15) is 24.2 Å². The molecule has 3 rings (SSSR count). The topological polar surface area (TPSA) is 108 Å². The molecule has 0 radical (unpaired) electrons. The summed E-state index contributed by atoms with van der Waals surface area (Å²) in [7, 11) is 3.24. The molecule has 2 aromatic carbocycles. The normalized spacial score (nSPS) is 14.7. The van der Waals surface area contributed by atoms with Gasteiger partial charge in [-0.25, -0.2) is 0 Å². The first-order chi connectivity index (χ1) is 14.7. The highest BCUT2D eigenvalue weighted by Gasteiger charge is 2.35. The molecule has 0 bridgehead atoms. The van der Waals surface area contributed by atoms with Crippen molar-refractivity contribution in [1.29, 1.82) is 0 Å². The fourth-order valence-electron chi connectivity index (χ4n) is 3.30. The summed E-state index contributed by atoms with van der Waals surface area (Å²) in [5, 5.41) is 5.26. The van der Waals surface area contributed by atoms with Crippen LogP contribution in [0.15, 0.2) is 42.5 Å². The molecule has 0 saturated heterocycles. The van der Waals surface area contributed by atoms with Crippen LogP contribution in [0.5, 0.6) is 5.75 Å². The molecule has 1 aliphatic rings. The van der Waals surface area contributed by atoms with Crippen LogP contribution in [0.3, 0.4) is 0 Å². The van der Waals surface area contributed by atoms with Gasteiger partial charge in [0.05, 0.1) is 12.2 Å². The molecular formula is C22H24N4O5. The van der Waals surface area contributed by atoms with E-state index in [1.807, 2.05) is 0 Å². The largest absolute Gasteiger partial charge is 0.476 e. The van der Waals surface area contributed by atoms with E-state index in [1.54, 1.807) is 44.4 Å². The summed E-state index contributed by atoms with van der Waals surface area (Å²) in [4.78, 5) is 52.0. The number of anilines is 3. The number of para-hydroxylation sites is 2. The number of likely N-dealkylation sites (N-methyl/N-ethyl adjacent to an activating group) is 1. The quantitative estimate of drug-likeness (QED) is 0.782. The number of fused-ring (bicyclic) bond motifs is 1. The van der Waals surface area contributed by atoms with E-state index >= 15 is 0 Å². The van der Waals surface area contributed by atoms with Gasteiger partial charge < -0.3 is 25.2 Å². The molecule has 4 amide bonds. The van der Waals surface area contributed by atoms with Gasteiger partial charge in [0.15, 0.2) is 6.10 Å². The Bertz CT molecular complexity index is 1020. The lowest BCUT2D eigenvalue weighted by molar-refractivity contribution is -0.135. The van der Waals surface area contributed by atoms with Crippen LogP contribution in [0.2, 0.25) is 0 Å². The first-order valence-electron chi connectivity index (χ1n) is 9.64. The summed E-state index contributed by atoms with van der Waals surface area (Å²) in [6, 6.07) is 11.6. The lowest BCUT2D eigenvalue weighted by Gasteiger charge is -2.35. The summed E-state index contributed by atoms with van der Waals surface area (Å²) in [5.74, 6) is -0.870. The zero-order chi connectivity index (χ0) is 22.7. The van der Waals surface area contributed by atoms with Crippen molar-refractivity contribution in [2.45, 2.75) is 20.0 Å². The zero-order valence-corrected chi connectivity index (χ0v) is 17.8. The standard InChI is InChI=1S/C22H24N4O5/c1-13(27)23-16-9-15(10-17(11-16)24-14(2)28)21(29)26-12-20(22(30)25(3)4)31-19-8-6-5-7-18(19)26/h5-11,20H,12H2,1-4H3,(H,23,27)(H,24,28). The highest BCUT2D eigenvalue weighted by atomic mass is 16.5. The monoisotopic (exact) mass is 424 g/mol. The van der Waals surface area contributed by atoms with E-state index in [9.17, 15) is 19.2 Å². The molecule has 9 heteroatoms. The molecule has 2 aromatic rings. The number of nitrogens with zero attached hydrogens (tertiary/aromatic N) is 2. The van der Waals surface area contributed by atoms with Gasteiger partial charge in [0.1, 0.15) is 5.75 Å². The molecule has 162 valence electrons. The predicted octanol–water partition coefficient (Wildman–Crippen LogP) is 2.10. The van der Waals surface area contributed by atoms with E-state index in [-0.39, 0.29) is 29.8 Å². The molecule has 0 aliphatic carbocycles. The third kappa shape index (κ3) is 5.00. The van der Waals surface area contributed by atoms with Crippen LogP contribution in [0, 0.1) is 0 Å². The molecule has 2 N–H and O–H groups in total. The van der Waals surface area contributed by atoms with Crippen LogP contribution in [0.25, 0.3) is 0 Å². The van der Waals surface area contributed by atoms with Crippen molar-refractivity contribution in [2.24, 2.45) is 0 Å². The van der Waals surface area contributed by atoms with Gasteiger partial charge in [-0.3, -0.25) is 19.2 Å². The summed E-state index contributed by atoms with van der Waals surface area (Å²) in [5.41, 5.74) is 1.50. The Balaban J connectivity index is 2.02. The van der Waals surface area contributed by atoms with E-state index in [4.69, 9.17) is 4.74 Å². The second-order valence-electron chi connectivity index (χ2n) is 7.38. The van der Waals surface area contributed by atoms with Crippen molar-refractivity contribution >= 4 is 40.7 Å². The van der Waals surface area contributed by atoms with Crippen LogP contribution in [0.4, 0.5) is 17.1 Å². The zero-order valence-electron chi connectivity index (χ0n) is 17.8. The smallest absolute Gasteiger partial charge is 0.265 e. The number of nitrogens with one attached hydrogen (secondary N) is 2. The maximum absolute atomic E-state index is 13.5. The molecule has 0 aromatic heterocycles. The summed E-state index contributed by atoms with van der Waals surface area (Å²) in [6.07, 6.45) is -0.859. The molecule has 0 saturated carbocycles. The molecule has 1 unspecified atom stereocenters. The van der Waals surface area contributed by atoms with Crippen molar-refractivity contribution < 1.29 is 23.9 Å². The molecule has 9 nitrogen and oxygen atoms in total. The van der Waals surface area contributed by atoms with Crippen LogP contribution >= 0.6 is 0 Å². The number of amides is 4. The average Bonchev–Trinajstić information content (AvgIpc) is 2.70. The minimum Gasteiger partial charge on any atom is -0.476 e. The Labute approximate surface area is 180 Å². The molecule has 1 aliphatic heterocycles. The first kappa shape index (κ1) is 21.8. The first-order valence-corrected chi connectivity index (χ1v) is 9.64. The van der Waals surface area contributed by atoms with Gasteiger partial charge in [-0.1, -0.05) is 12.1 Å². The fraction of sp³-hybridized carbons (Fsp3) is 0.273. The van der Waals surface area contributed by atoms with Gasteiger partial charge in [-0.05, 0) is 30.3 Å². The van der Waals surface area contributed by atoms with Gasteiger partial charge in [0.25, 0.3) is 11.8 Å². The number of rotatable bonds is 4. The third-order valence-corrected chi connectivity index (χ3v) is 4.56. The van der Waals surface area contributed by atoms with E-state index < -0.39 is 12.0 Å². The van der Waals surface area contributed by atoms with E-state index in [0.29, 0.717) is 22.8 Å². The van der Waals surface area contributed by atoms with Gasteiger partial charge in [0, 0.05) is 44.9 Å². The number of hydrogen-bond donors (Lipinski definition) is 2. The van der Waals surface area contributed by atoms with E-state index in [0.717, 1.165) is 0 Å². The fourth-order valence-corrected chi connectivity index (χ4v) is 3.30. The maximum atomic E-state index is 13.5. The van der Waals surface area contributed by atoms with Crippen molar-refractivity contribution in [1.82, 2.24) is 4.90 Å². The van der Waals surface area contributed by atoms with Crippen LogP contribution in [-0.4, -0.2) is 55.3 Å². The molecule has 31 heavy (non-hydrogen) atoms. The average molecular weight is 424 g/mol. The summed E-state index contributed by atoms with van der Waals surface area (Å²) >= 11 is 0. The Kier molecular flexibility index (Phi) is 6.24. The Morgan fingerprint density at radius 1 is 0.968 bits per heavy atom. The lowest BCUT2D eigenvalue weighted by Crippen LogP contribution is -2.50. The van der Waals surface area contributed by atoms with E-state index in [1.165, 1.54) is 35.8 Å². The molecule has 1 atom stereocenters. The molecule has 1 heterocycles. The van der Waals surface area contributed by atoms with Crippen molar-refractivity contribution in [3.8, 4) is 5.75 Å². The lowest BCUT2D eigenvalue weighted by atomic mass is 10.1. The van der Waals surface area contributed by atoms with Gasteiger partial charge in [-0.15, -0.1) is 0 Å². The second-order valence-corrected chi connectivity index (χ2v) is 7.38. The van der Waals surface area contributed by atoms with Gasteiger partial charge in [-0.2, -0.15) is 0 Å². The Hall–Kier alpha value is -3.88. The minimum absolute atomic E-state index is 0.0205. The van der Waals surface area contributed by atoms with Gasteiger partial charge >= 0.3 is 0 Å². The molecule has 0 fully saturated rings. The van der Waals surface area contributed by atoms with Gasteiger partial charge in [0.2, 0.25) is 11.8 Å². The number of carbonyl (C=O) groups excluding carboxylic acids is 4. The Morgan fingerprint density at radius 3 is 2.10 bits per heavy atom. The Morgan fingerprint density at radius 2 is 1.55 bits per heavy atom. The minimum atomic E-state index is -0.859. The maximum Gasteiger partial charge on any atom is 0.265 e. The molecular weight excluding hydrogens is 400 g/mol. The third-order valence-electron chi connectivity index (χ3n) is 4.56. The summed E-state index contributed by atoms with van der Waals surface area (Å²) in [6.45, 7) is 2.72. The highest BCUT2D eigenvalue weighted by molar-refractivity contribution is 6.09. The van der Waals surface area contributed by atoms with Crippen LogP contribution in [-0.2, 0) is 14.4 Å². The number of benzene rings is 2. The highest BCUT2D eigenvalue weighted by Crippen LogP contribution is 2.35. The van der Waals surface area contributed by atoms with Crippen molar-refractivity contribution in [2.75, 3.05) is 36.2 Å². The number of ether oxygens (including phenoxy) is 1. The summed E-state index contributed by atoms with van der Waals surface area (Å²) < 4.78 is 5.82. The number of carbonyl (C=O) groups is 4. The predicted molar refractivity (Wildman–Crippen MR) is 116 cm³/mol. The van der Waals surface area contributed by atoms with Crippen molar-refractivity contribution in [3.63, 3.8) is 0 Å². The van der Waals surface area contributed by atoms with Crippen molar-refractivity contribution in [3.05, 3.63) is 48.0 Å². The van der Waals surface area contributed by atoms with Crippen LogP contribution < -0.4 is 20.3 Å². The SMILES string of the molecule is CC(=O)Nc1cc(NC(C)=O)cc(C(=O)N2CC(C(=O)N(C)C)Oc3ccccc32)c1. The second kappa shape index (κ2) is 8.86. The number of hydrogen-bond acceptors (Lipinski definition) is 5. The van der Waals surface area contributed by atoms with E-state index in [2.05, 4.69) is 10.6 Å².